The van der Waals surface area contributed by atoms with Crippen molar-refractivity contribution in [3.05, 3.63) is 83.4 Å². The summed E-state index contributed by atoms with van der Waals surface area (Å²) in [5, 5.41) is 0. The summed E-state index contributed by atoms with van der Waals surface area (Å²) < 4.78 is 33.4. The Bertz CT molecular complexity index is 1320. The molecule has 0 unspecified atom stereocenters. The number of ether oxygens (including phenoxy) is 1. The Morgan fingerprint density at radius 2 is 1.75 bits per heavy atom. The molecule has 0 bridgehead atoms. The van der Waals surface area contributed by atoms with E-state index in [-0.39, 0.29) is 19.1 Å². The van der Waals surface area contributed by atoms with Crippen molar-refractivity contribution < 1.29 is 27.9 Å². The summed E-state index contributed by atoms with van der Waals surface area (Å²) in [4.78, 5) is 34.8. The van der Waals surface area contributed by atoms with Gasteiger partial charge in [0.05, 0.1) is 7.11 Å². The van der Waals surface area contributed by atoms with Crippen molar-refractivity contribution in [3.63, 3.8) is 0 Å². The number of halogens is 2. The molecule has 0 aliphatic carbocycles. The van der Waals surface area contributed by atoms with Crippen molar-refractivity contribution in [1.82, 2.24) is 15.3 Å². The lowest BCUT2D eigenvalue weighted by Crippen LogP contribution is -2.43. The number of nitrogens with one attached hydrogen (secondary N) is 1. The lowest BCUT2D eigenvalue weighted by Gasteiger charge is -2.25. The van der Waals surface area contributed by atoms with Crippen LogP contribution in [-0.2, 0) is 16.2 Å². The highest BCUT2D eigenvalue weighted by molar-refractivity contribution is 7.98. The summed E-state index contributed by atoms with van der Waals surface area (Å²) in [5.41, 5.74) is 4.89. The highest BCUT2D eigenvalue weighted by Gasteiger charge is 2.21. The fourth-order valence-corrected chi connectivity index (χ4v) is 5.26. The molecule has 0 saturated carbocycles. The molecule has 1 aliphatic rings. The Balaban J connectivity index is 1.41. The molecule has 3 aromatic carbocycles. The molecular formula is C30H33F2N3O4S. The van der Waals surface area contributed by atoms with Gasteiger partial charge in [-0.05, 0) is 85.3 Å². The molecule has 212 valence electrons. The number of nitrogens with zero attached hydrogens (tertiary/aromatic N) is 2. The third-order valence-corrected chi connectivity index (χ3v) is 7.49. The van der Waals surface area contributed by atoms with Crippen LogP contribution < -0.4 is 10.2 Å². The van der Waals surface area contributed by atoms with Gasteiger partial charge < -0.3 is 14.5 Å². The topological polar surface area (TPSA) is 71.1 Å². The number of likely N-dealkylation sites (tertiary alicyclic amines) is 1. The van der Waals surface area contributed by atoms with Crippen molar-refractivity contribution >= 4 is 23.6 Å². The summed E-state index contributed by atoms with van der Waals surface area (Å²) in [6, 6.07) is 16.7. The van der Waals surface area contributed by atoms with Gasteiger partial charge in [0.1, 0.15) is 18.9 Å². The third-order valence-electron chi connectivity index (χ3n) is 6.71. The SMILES string of the molecule is CONC(=O)CN(CCN1CCCC1)C(=O)c1cccc(COc2ccc(-c3cc(F)c(F)cc3SC)cc2)c1. The quantitative estimate of drug-likeness (QED) is 0.240. The van der Waals surface area contributed by atoms with E-state index in [0.717, 1.165) is 37.1 Å². The summed E-state index contributed by atoms with van der Waals surface area (Å²) in [7, 11) is 1.36. The van der Waals surface area contributed by atoms with Gasteiger partial charge in [-0.15, -0.1) is 11.8 Å². The Morgan fingerprint density at radius 1 is 1.02 bits per heavy atom. The van der Waals surface area contributed by atoms with Gasteiger partial charge in [-0.25, -0.2) is 14.3 Å². The number of carbonyl (C=O) groups is 2. The maximum absolute atomic E-state index is 13.9. The van der Waals surface area contributed by atoms with Crippen molar-refractivity contribution in [2.24, 2.45) is 0 Å². The van der Waals surface area contributed by atoms with Crippen molar-refractivity contribution in [2.45, 2.75) is 24.3 Å². The molecular weight excluding hydrogens is 536 g/mol. The molecule has 1 N–H and O–H groups in total. The molecule has 1 saturated heterocycles. The fourth-order valence-electron chi connectivity index (χ4n) is 4.64. The summed E-state index contributed by atoms with van der Waals surface area (Å²) >= 11 is 1.35. The zero-order valence-electron chi connectivity index (χ0n) is 22.6. The van der Waals surface area contributed by atoms with Gasteiger partial charge in [-0.2, -0.15) is 0 Å². The standard InChI is InChI=1S/C30H33F2N3O4S/c1-38-33-29(36)19-35(15-14-34-12-3-4-13-34)30(37)23-7-5-6-21(16-23)20-39-24-10-8-22(9-11-24)25-17-26(31)27(32)18-28(25)40-2/h5-11,16-18H,3-4,12-15,19-20H2,1-2H3,(H,33,36). The second kappa shape index (κ2) is 14.2. The maximum Gasteiger partial charge on any atom is 0.263 e. The largest absolute Gasteiger partial charge is 0.489 e. The van der Waals surface area contributed by atoms with Crippen LogP contribution in [0.1, 0.15) is 28.8 Å². The number of amides is 2. The highest BCUT2D eigenvalue weighted by atomic mass is 32.2. The van der Waals surface area contributed by atoms with E-state index >= 15 is 0 Å². The van der Waals surface area contributed by atoms with E-state index in [4.69, 9.17) is 9.57 Å². The molecule has 0 spiro atoms. The number of hydrogen-bond donors (Lipinski definition) is 1. The minimum absolute atomic E-state index is 0.107. The van der Waals surface area contributed by atoms with Crippen LogP contribution in [0, 0.1) is 11.6 Å². The van der Waals surface area contributed by atoms with Crippen LogP contribution >= 0.6 is 11.8 Å². The van der Waals surface area contributed by atoms with Crippen LogP contribution in [0.5, 0.6) is 5.75 Å². The predicted molar refractivity (Wildman–Crippen MR) is 151 cm³/mol. The van der Waals surface area contributed by atoms with E-state index in [1.165, 1.54) is 35.9 Å². The maximum atomic E-state index is 13.9. The molecule has 2 amide bonds. The number of hydrogen-bond acceptors (Lipinski definition) is 6. The normalized spacial score (nSPS) is 13.3. The number of carbonyl (C=O) groups excluding carboxylic acids is 2. The minimum Gasteiger partial charge on any atom is -0.489 e. The van der Waals surface area contributed by atoms with Gasteiger partial charge in [0.25, 0.3) is 11.8 Å². The molecule has 1 fully saturated rings. The van der Waals surface area contributed by atoms with Gasteiger partial charge in [-0.1, -0.05) is 24.3 Å². The van der Waals surface area contributed by atoms with Crippen molar-refractivity contribution in [2.75, 3.05) is 46.1 Å². The molecule has 40 heavy (non-hydrogen) atoms. The predicted octanol–water partition coefficient (Wildman–Crippen LogP) is 5.15. The van der Waals surface area contributed by atoms with Gasteiger partial charge in [0, 0.05) is 23.5 Å². The van der Waals surface area contributed by atoms with E-state index in [2.05, 4.69) is 10.4 Å². The first-order chi connectivity index (χ1) is 19.4. The monoisotopic (exact) mass is 569 g/mol. The van der Waals surface area contributed by atoms with Gasteiger partial charge in [0.2, 0.25) is 0 Å². The Morgan fingerprint density at radius 3 is 2.45 bits per heavy atom. The molecule has 1 aliphatic heterocycles. The van der Waals surface area contributed by atoms with E-state index in [1.807, 2.05) is 12.3 Å². The van der Waals surface area contributed by atoms with Crippen LogP contribution in [0.15, 0.2) is 65.6 Å². The van der Waals surface area contributed by atoms with E-state index in [0.29, 0.717) is 34.9 Å². The number of rotatable bonds is 12. The van der Waals surface area contributed by atoms with Crippen molar-refractivity contribution in [1.29, 1.82) is 0 Å². The van der Waals surface area contributed by atoms with Gasteiger partial charge >= 0.3 is 0 Å². The number of thioether (sulfide) groups is 1. The van der Waals surface area contributed by atoms with Gasteiger partial charge in [-0.3, -0.25) is 14.4 Å². The molecule has 0 atom stereocenters. The molecule has 3 aromatic rings. The molecule has 10 heteroatoms. The minimum atomic E-state index is -0.892. The third kappa shape index (κ3) is 7.80. The summed E-state index contributed by atoms with van der Waals surface area (Å²) in [6.45, 7) is 3.25. The Labute approximate surface area is 237 Å². The average molecular weight is 570 g/mol. The zero-order valence-corrected chi connectivity index (χ0v) is 23.4. The second-order valence-corrected chi connectivity index (χ2v) is 10.3. The fraction of sp³-hybridized carbons (Fsp3) is 0.333. The number of hydroxylamine groups is 1. The average Bonchev–Trinajstić information content (AvgIpc) is 3.49. The lowest BCUT2D eigenvalue weighted by atomic mass is 10.1. The van der Waals surface area contributed by atoms with Crippen LogP contribution in [0.4, 0.5) is 8.78 Å². The van der Waals surface area contributed by atoms with Crippen LogP contribution in [0.25, 0.3) is 11.1 Å². The Hall–Kier alpha value is -3.47. The first kappa shape index (κ1) is 29.5. The second-order valence-electron chi connectivity index (χ2n) is 9.48. The van der Waals surface area contributed by atoms with E-state index < -0.39 is 17.5 Å². The number of benzene rings is 3. The van der Waals surface area contributed by atoms with Crippen LogP contribution in [0.2, 0.25) is 0 Å². The zero-order chi connectivity index (χ0) is 28.5. The molecule has 1 heterocycles. The van der Waals surface area contributed by atoms with E-state index in [9.17, 15) is 18.4 Å². The molecule has 4 rings (SSSR count). The highest BCUT2D eigenvalue weighted by Crippen LogP contribution is 2.33. The molecule has 0 aromatic heterocycles. The lowest BCUT2D eigenvalue weighted by molar-refractivity contribution is -0.132. The molecule has 0 radical (unpaired) electrons. The van der Waals surface area contributed by atoms with E-state index in [1.54, 1.807) is 42.5 Å². The van der Waals surface area contributed by atoms with Gasteiger partial charge in [0.15, 0.2) is 11.6 Å². The van der Waals surface area contributed by atoms with Crippen LogP contribution in [-0.4, -0.2) is 67.7 Å². The summed E-state index contributed by atoms with van der Waals surface area (Å²) in [5.74, 6) is -1.81. The Kier molecular flexibility index (Phi) is 10.5. The molecule has 7 nitrogen and oxygen atoms in total. The summed E-state index contributed by atoms with van der Waals surface area (Å²) in [6.07, 6.45) is 4.10. The van der Waals surface area contributed by atoms with Crippen molar-refractivity contribution in [3.8, 4) is 16.9 Å². The van der Waals surface area contributed by atoms with Crippen LogP contribution in [0.3, 0.4) is 0 Å². The smallest absolute Gasteiger partial charge is 0.263 e. The first-order valence-electron chi connectivity index (χ1n) is 13.1. The first-order valence-corrected chi connectivity index (χ1v) is 14.3.